The molecule has 2 aromatic rings. The summed E-state index contributed by atoms with van der Waals surface area (Å²) in [5.74, 6) is 0.805. The van der Waals surface area contributed by atoms with Gasteiger partial charge in [-0.3, -0.25) is 0 Å². The van der Waals surface area contributed by atoms with Crippen molar-refractivity contribution in [2.45, 2.75) is 19.4 Å². The van der Waals surface area contributed by atoms with E-state index in [-0.39, 0.29) is 11.9 Å². The highest BCUT2D eigenvalue weighted by molar-refractivity contribution is 5.42. The maximum atomic E-state index is 14.5. The molecular weight excluding hydrogens is 297 g/mol. The van der Waals surface area contributed by atoms with E-state index in [9.17, 15) is 4.39 Å². The van der Waals surface area contributed by atoms with Crippen LogP contribution in [0.15, 0.2) is 30.6 Å². The van der Waals surface area contributed by atoms with Crippen LogP contribution in [-0.4, -0.2) is 36.8 Å². The molecule has 0 saturated carbocycles. The van der Waals surface area contributed by atoms with Gasteiger partial charge in [-0.1, -0.05) is 19.1 Å². The van der Waals surface area contributed by atoms with Crippen LogP contribution < -0.4 is 9.64 Å². The number of hydrogen-bond acceptors (Lipinski definition) is 5. The Bertz CT molecular complexity index is 681. The molecule has 1 aliphatic rings. The predicted molar refractivity (Wildman–Crippen MR) is 85.3 cm³/mol. The minimum absolute atomic E-state index is 0.140. The molecule has 122 valence electrons. The van der Waals surface area contributed by atoms with Crippen LogP contribution in [0.2, 0.25) is 0 Å². The number of benzene rings is 1. The molecule has 0 radical (unpaired) electrons. The Labute approximate surface area is 135 Å². The first-order valence-corrected chi connectivity index (χ1v) is 7.72. The van der Waals surface area contributed by atoms with Gasteiger partial charge in [0.05, 0.1) is 19.4 Å². The van der Waals surface area contributed by atoms with Gasteiger partial charge in [-0.05, 0) is 24.1 Å². The van der Waals surface area contributed by atoms with Gasteiger partial charge in [-0.15, -0.1) is 0 Å². The Morgan fingerprint density at radius 3 is 3.04 bits per heavy atom. The van der Waals surface area contributed by atoms with Gasteiger partial charge in [-0.25, -0.2) is 14.4 Å². The summed E-state index contributed by atoms with van der Waals surface area (Å²) >= 11 is 0. The summed E-state index contributed by atoms with van der Waals surface area (Å²) in [6, 6.07) is 7.76. The summed E-state index contributed by atoms with van der Waals surface area (Å²) in [7, 11) is 1.63. The van der Waals surface area contributed by atoms with E-state index in [1.54, 1.807) is 7.11 Å². The van der Waals surface area contributed by atoms with Crippen molar-refractivity contribution in [3.8, 4) is 5.75 Å². The van der Waals surface area contributed by atoms with Gasteiger partial charge in [0.25, 0.3) is 0 Å². The number of hydrogen-bond donors (Lipinski definition) is 0. The molecule has 0 bridgehead atoms. The van der Waals surface area contributed by atoms with Gasteiger partial charge in [0, 0.05) is 13.1 Å². The van der Waals surface area contributed by atoms with E-state index in [2.05, 4.69) is 9.97 Å². The van der Waals surface area contributed by atoms with Crippen LogP contribution in [0.5, 0.6) is 5.75 Å². The average molecular weight is 317 g/mol. The van der Waals surface area contributed by atoms with E-state index in [0.717, 1.165) is 11.3 Å². The molecule has 0 spiro atoms. The molecule has 1 aromatic heterocycles. The number of morpholine rings is 1. The van der Waals surface area contributed by atoms with E-state index in [1.165, 1.54) is 6.33 Å². The monoisotopic (exact) mass is 317 g/mol. The molecule has 1 saturated heterocycles. The van der Waals surface area contributed by atoms with E-state index in [1.807, 2.05) is 36.1 Å². The van der Waals surface area contributed by atoms with E-state index in [0.29, 0.717) is 37.6 Å². The van der Waals surface area contributed by atoms with Gasteiger partial charge in [-0.2, -0.15) is 0 Å². The molecule has 2 heterocycles. The molecule has 0 amide bonds. The lowest BCUT2D eigenvalue weighted by atomic mass is 10.1. The third-order valence-corrected chi connectivity index (χ3v) is 4.01. The SMILES string of the molecule is CCc1ncnc(N2CCO[C@@H](c3cccc(OC)c3)C2)c1F. The van der Waals surface area contributed by atoms with Crippen molar-refractivity contribution in [3.63, 3.8) is 0 Å². The lowest BCUT2D eigenvalue weighted by molar-refractivity contribution is 0.0391. The van der Waals surface area contributed by atoms with Gasteiger partial charge in [0.15, 0.2) is 11.6 Å². The third-order valence-electron chi connectivity index (χ3n) is 4.01. The fraction of sp³-hybridized carbons (Fsp3) is 0.412. The van der Waals surface area contributed by atoms with Gasteiger partial charge >= 0.3 is 0 Å². The molecule has 5 nitrogen and oxygen atoms in total. The predicted octanol–water partition coefficient (Wildman–Crippen LogP) is 2.76. The summed E-state index contributed by atoms with van der Waals surface area (Å²) < 4.78 is 25.6. The minimum Gasteiger partial charge on any atom is -0.497 e. The van der Waals surface area contributed by atoms with Crippen molar-refractivity contribution in [3.05, 3.63) is 47.7 Å². The fourth-order valence-corrected chi connectivity index (χ4v) is 2.75. The average Bonchev–Trinajstić information content (AvgIpc) is 2.62. The maximum absolute atomic E-state index is 14.5. The van der Waals surface area contributed by atoms with Crippen molar-refractivity contribution < 1.29 is 13.9 Å². The maximum Gasteiger partial charge on any atom is 0.187 e. The van der Waals surface area contributed by atoms with Crippen LogP contribution in [0, 0.1) is 5.82 Å². The Morgan fingerprint density at radius 1 is 1.39 bits per heavy atom. The molecule has 0 N–H and O–H groups in total. The molecule has 1 atom stereocenters. The Balaban J connectivity index is 1.83. The molecule has 1 aromatic carbocycles. The van der Waals surface area contributed by atoms with E-state index >= 15 is 0 Å². The number of methoxy groups -OCH3 is 1. The second-order valence-electron chi connectivity index (χ2n) is 5.39. The Hall–Kier alpha value is -2.21. The molecular formula is C17H20FN3O2. The molecule has 0 aliphatic carbocycles. The number of rotatable bonds is 4. The number of aryl methyl sites for hydroxylation is 1. The quantitative estimate of drug-likeness (QED) is 0.868. The largest absolute Gasteiger partial charge is 0.497 e. The summed E-state index contributed by atoms with van der Waals surface area (Å²) in [5.41, 5.74) is 1.46. The molecule has 3 rings (SSSR count). The van der Waals surface area contributed by atoms with Crippen molar-refractivity contribution in [2.24, 2.45) is 0 Å². The number of anilines is 1. The Morgan fingerprint density at radius 2 is 2.26 bits per heavy atom. The lowest BCUT2D eigenvalue weighted by Gasteiger charge is -2.34. The van der Waals surface area contributed by atoms with Crippen LogP contribution in [0.4, 0.5) is 10.2 Å². The molecule has 1 fully saturated rings. The highest BCUT2D eigenvalue weighted by Crippen LogP contribution is 2.28. The normalized spacial score (nSPS) is 18.0. The van der Waals surface area contributed by atoms with Crippen molar-refractivity contribution in [2.75, 3.05) is 31.7 Å². The van der Waals surface area contributed by atoms with Crippen molar-refractivity contribution in [1.82, 2.24) is 9.97 Å². The van der Waals surface area contributed by atoms with E-state index in [4.69, 9.17) is 9.47 Å². The van der Waals surface area contributed by atoms with Crippen LogP contribution in [0.1, 0.15) is 24.3 Å². The van der Waals surface area contributed by atoms with Crippen LogP contribution in [0.25, 0.3) is 0 Å². The summed E-state index contributed by atoms with van der Waals surface area (Å²) in [5, 5.41) is 0. The summed E-state index contributed by atoms with van der Waals surface area (Å²) in [4.78, 5) is 10.0. The fourth-order valence-electron chi connectivity index (χ4n) is 2.75. The summed E-state index contributed by atoms with van der Waals surface area (Å²) in [6.45, 7) is 3.56. The second kappa shape index (κ2) is 6.91. The minimum atomic E-state index is -0.332. The first-order chi connectivity index (χ1) is 11.2. The van der Waals surface area contributed by atoms with Gasteiger partial charge in [0.2, 0.25) is 0 Å². The zero-order chi connectivity index (χ0) is 16.2. The summed E-state index contributed by atoms with van der Waals surface area (Å²) in [6.07, 6.45) is 1.83. The topological polar surface area (TPSA) is 47.5 Å². The van der Waals surface area contributed by atoms with Gasteiger partial charge in [0.1, 0.15) is 18.2 Å². The number of aromatic nitrogens is 2. The highest BCUT2D eigenvalue weighted by atomic mass is 19.1. The molecule has 0 unspecified atom stereocenters. The van der Waals surface area contributed by atoms with Crippen LogP contribution >= 0.6 is 0 Å². The molecule has 6 heteroatoms. The first kappa shape index (κ1) is 15.7. The standard InChI is InChI=1S/C17H20FN3O2/c1-3-14-16(18)17(20-11-19-14)21-7-8-23-15(10-21)12-5-4-6-13(9-12)22-2/h4-6,9,11,15H,3,7-8,10H2,1-2H3/t15-/m1/s1. The smallest absolute Gasteiger partial charge is 0.187 e. The first-order valence-electron chi connectivity index (χ1n) is 7.72. The molecule has 23 heavy (non-hydrogen) atoms. The van der Waals surface area contributed by atoms with Crippen molar-refractivity contribution >= 4 is 5.82 Å². The Kier molecular flexibility index (Phi) is 4.71. The number of nitrogens with zero attached hydrogens (tertiary/aromatic N) is 3. The van der Waals surface area contributed by atoms with Crippen LogP contribution in [-0.2, 0) is 11.2 Å². The van der Waals surface area contributed by atoms with Crippen LogP contribution in [0.3, 0.4) is 0 Å². The number of ether oxygens (including phenoxy) is 2. The lowest BCUT2D eigenvalue weighted by Crippen LogP contribution is -2.39. The van der Waals surface area contributed by atoms with Crippen molar-refractivity contribution in [1.29, 1.82) is 0 Å². The highest BCUT2D eigenvalue weighted by Gasteiger charge is 2.26. The van der Waals surface area contributed by atoms with Gasteiger partial charge < -0.3 is 14.4 Å². The third kappa shape index (κ3) is 3.27. The zero-order valence-corrected chi connectivity index (χ0v) is 13.3. The number of halogens is 1. The second-order valence-corrected chi connectivity index (χ2v) is 5.39. The van der Waals surface area contributed by atoms with E-state index < -0.39 is 0 Å². The molecule has 1 aliphatic heterocycles. The zero-order valence-electron chi connectivity index (χ0n) is 13.3.